The van der Waals surface area contributed by atoms with Crippen LogP contribution in [-0.4, -0.2) is 36.5 Å². The quantitative estimate of drug-likeness (QED) is 0.900. The monoisotopic (exact) mass is 317 g/mol. The summed E-state index contributed by atoms with van der Waals surface area (Å²) in [5.41, 5.74) is 7.59. The zero-order chi connectivity index (χ0) is 13.8. The molecule has 0 radical (unpaired) electrons. The van der Waals surface area contributed by atoms with Gasteiger partial charge in [0, 0.05) is 29.8 Å². The summed E-state index contributed by atoms with van der Waals surface area (Å²) in [6.45, 7) is 4.13. The lowest BCUT2D eigenvalue weighted by Crippen LogP contribution is -2.43. The minimum absolute atomic E-state index is 0. The number of piperidine rings is 1. The first-order valence-corrected chi connectivity index (χ1v) is 6.96. The molecule has 1 saturated heterocycles. The lowest BCUT2D eigenvalue weighted by molar-refractivity contribution is -0.117. The van der Waals surface area contributed by atoms with E-state index < -0.39 is 0 Å². The van der Waals surface area contributed by atoms with Crippen molar-refractivity contribution in [3.63, 3.8) is 0 Å². The number of carbonyl (C=O) groups excluding carboxylic acids is 1. The van der Waals surface area contributed by atoms with E-state index in [4.69, 9.17) is 17.3 Å². The largest absolute Gasteiger partial charge is 0.328 e. The van der Waals surface area contributed by atoms with Crippen LogP contribution in [0.25, 0.3) is 0 Å². The number of nitrogens with zero attached hydrogens (tertiary/aromatic N) is 1. The van der Waals surface area contributed by atoms with Crippen molar-refractivity contribution in [3.8, 4) is 0 Å². The van der Waals surface area contributed by atoms with Gasteiger partial charge in [0.2, 0.25) is 5.91 Å². The van der Waals surface area contributed by atoms with Gasteiger partial charge in [-0.15, -0.1) is 12.4 Å². The van der Waals surface area contributed by atoms with Crippen molar-refractivity contribution in [2.24, 2.45) is 5.73 Å². The van der Waals surface area contributed by atoms with Gasteiger partial charge in [-0.1, -0.05) is 17.7 Å². The van der Waals surface area contributed by atoms with Crippen molar-refractivity contribution in [2.45, 2.75) is 25.8 Å². The molecule has 0 atom stereocenters. The number of benzene rings is 1. The zero-order valence-electron chi connectivity index (χ0n) is 11.6. The molecule has 1 aliphatic rings. The third-order valence-corrected chi connectivity index (χ3v) is 3.86. The number of nitrogens with one attached hydrogen (secondary N) is 1. The molecule has 6 heteroatoms. The Morgan fingerprint density at radius 3 is 2.70 bits per heavy atom. The average Bonchev–Trinajstić information content (AvgIpc) is 2.37. The second-order valence-corrected chi connectivity index (χ2v) is 5.53. The first-order chi connectivity index (χ1) is 9.04. The van der Waals surface area contributed by atoms with E-state index in [1.165, 1.54) is 0 Å². The molecule has 112 valence electrons. The molecular weight excluding hydrogens is 297 g/mol. The Morgan fingerprint density at radius 1 is 1.45 bits per heavy atom. The number of carbonyl (C=O) groups is 1. The SMILES string of the molecule is Cc1ccc(NC(=O)CN2CCC(N)CC2)cc1Cl.Cl. The molecule has 0 saturated carbocycles. The predicted molar refractivity (Wildman–Crippen MR) is 85.7 cm³/mol. The molecule has 20 heavy (non-hydrogen) atoms. The minimum Gasteiger partial charge on any atom is -0.328 e. The summed E-state index contributed by atoms with van der Waals surface area (Å²) in [7, 11) is 0. The lowest BCUT2D eigenvalue weighted by Gasteiger charge is -2.29. The highest BCUT2D eigenvalue weighted by Gasteiger charge is 2.18. The van der Waals surface area contributed by atoms with Crippen LogP contribution in [0.15, 0.2) is 18.2 Å². The van der Waals surface area contributed by atoms with Gasteiger partial charge in [-0.05, 0) is 37.5 Å². The fraction of sp³-hybridized carbons (Fsp3) is 0.500. The van der Waals surface area contributed by atoms with E-state index in [0.29, 0.717) is 11.6 Å². The van der Waals surface area contributed by atoms with Crippen LogP contribution in [0.1, 0.15) is 18.4 Å². The van der Waals surface area contributed by atoms with E-state index in [1.54, 1.807) is 6.07 Å². The Kier molecular flexibility index (Phi) is 6.76. The smallest absolute Gasteiger partial charge is 0.238 e. The van der Waals surface area contributed by atoms with Gasteiger partial charge in [0.1, 0.15) is 0 Å². The fourth-order valence-corrected chi connectivity index (χ4v) is 2.37. The summed E-state index contributed by atoms with van der Waals surface area (Å²) in [5.74, 6) is -0.00427. The molecular formula is C14H21Cl2N3O. The van der Waals surface area contributed by atoms with Gasteiger partial charge in [-0.2, -0.15) is 0 Å². The van der Waals surface area contributed by atoms with Crippen molar-refractivity contribution >= 4 is 35.6 Å². The van der Waals surface area contributed by atoms with Gasteiger partial charge in [0.05, 0.1) is 6.54 Å². The third kappa shape index (κ3) is 4.94. The number of hydrogen-bond acceptors (Lipinski definition) is 3. The first-order valence-electron chi connectivity index (χ1n) is 6.58. The third-order valence-electron chi connectivity index (χ3n) is 3.46. The number of likely N-dealkylation sites (tertiary alicyclic amines) is 1. The Morgan fingerprint density at radius 2 is 2.10 bits per heavy atom. The summed E-state index contributed by atoms with van der Waals surface area (Å²) in [5, 5.41) is 3.54. The molecule has 1 aromatic carbocycles. The van der Waals surface area contributed by atoms with E-state index in [1.807, 2.05) is 19.1 Å². The molecule has 0 unspecified atom stereocenters. The second-order valence-electron chi connectivity index (χ2n) is 5.13. The summed E-state index contributed by atoms with van der Waals surface area (Å²) in [6.07, 6.45) is 1.92. The highest BCUT2D eigenvalue weighted by molar-refractivity contribution is 6.31. The summed E-state index contributed by atoms with van der Waals surface area (Å²) in [4.78, 5) is 14.1. The van der Waals surface area contributed by atoms with E-state index in [9.17, 15) is 4.79 Å². The number of halogens is 2. The Hall–Kier alpha value is -0.810. The van der Waals surface area contributed by atoms with Gasteiger partial charge in [-0.3, -0.25) is 9.69 Å². The molecule has 1 heterocycles. The highest BCUT2D eigenvalue weighted by atomic mass is 35.5. The van der Waals surface area contributed by atoms with E-state index >= 15 is 0 Å². The molecule has 1 fully saturated rings. The second kappa shape index (κ2) is 7.84. The van der Waals surface area contributed by atoms with Crippen LogP contribution in [0.3, 0.4) is 0 Å². The van der Waals surface area contributed by atoms with Gasteiger partial charge in [-0.25, -0.2) is 0 Å². The van der Waals surface area contributed by atoms with Crippen molar-refractivity contribution < 1.29 is 4.79 Å². The Labute approximate surface area is 131 Å². The Bertz CT molecular complexity index is 460. The molecule has 0 spiro atoms. The summed E-state index contributed by atoms with van der Waals surface area (Å²) < 4.78 is 0. The molecule has 2 rings (SSSR count). The van der Waals surface area contributed by atoms with Gasteiger partial charge in [0.25, 0.3) is 0 Å². The number of nitrogens with two attached hydrogens (primary N) is 1. The van der Waals surface area contributed by atoms with Crippen LogP contribution in [0.5, 0.6) is 0 Å². The van der Waals surface area contributed by atoms with Crippen molar-refractivity contribution in [2.75, 3.05) is 25.0 Å². The molecule has 0 aliphatic carbocycles. The van der Waals surface area contributed by atoms with E-state index in [0.717, 1.165) is 37.2 Å². The number of amides is 1. The molecule has 4 nitrogen and oxygen atoms in total. The van der Waals surface area contributed by atoms with Gasteiger partial charge >= 0.3 is 0 Å². The minimum atomic E-state index is -0.00427. The topological polar surface area (TPSA) is 58.4 Å². The fourth-order valence-electron chi connectivity index (χ4n) is 2.19. The average molecular weight is 318 g/mol. The van der Waals surface area contributed by atoms with Crippen molar-refractivity contribution in [1.29, 1.82) is 0 Å². The maximum atomic E-state index is 11.9. The molecule has 3 N–H and O–H groups in total. The number of aryl methyl sites for hydroxylation is 1. The number of hydrogen-bond donors (Lipinski definition) is 2. The first kappa shape index (κ1) is 17.2. The molecule has 1 amide bonds. The van der Waals surface area contributed by atoms with E-state index in [-0.39, 0.29) is 24.4 Å². The highest BCUT2D eigenvalue weighted by Crippen LogP contribution is 2.20. The van der Waals surface area contributed by atoms with Crippen LogP contribution in [0.4, 0.5) is 5.69 Å². The standard InChI is InChI=1S/C14H20ClN3O.ClH/c1-10-2-3-12(8-13(10)15)17-14(19)9-18-6-4-11(16)5-7-18;/h2-3,8,11H,4-7,9,16H2,1H3,(H,17,19);1H. The van der Waals surface area contributed by atoms with Crippen LogP contribution in [0, 0.1) is 6.92 Å². The number of anilines is 1. The van der Waals surface area contributed by atoms with Crippen molar-refractivity contribution in [3.05, 3.63) is 28.8 Å². The maximum absolute atomic E-state index is 11.9. The maximum Gasteiger partial charge on any atom is 0.238 e. The van der Waals surface area contributed by atoms with E-state index in [2.05, 4.69) is 10.2 Å². The van der Waals surface area contributed by atoms with Crippen molar-refractivity contribution in [1.82, 2.24) is 4.90 Å². The predicted octanol–water partition coefficient (Wildman–Crippen LogP) is 2.43. The van der Waals surface area contributed by atoms with Crippen LogP contribution in [-0.2, 0) is 4.79 Å². The summed E-state index contributed by atoms with van der Waals surface area (Å²) in [6, 6.07) is 5.83. The lowest BCUT2D eigenvalue weighted by atomic mass is 10.1. The van der Waals surface area contributed by atoms with Crippen LogP contribution >= 0.6 is 24.0 Å². The molecule has 0 aromatic heterocycles. The van der Waals surface area contributed by atoms with Crippen LogP contribution < -0.4 is 11.1 Å². The summed E-state index contributed by atoms with van der Waals surface area (Å²) >= 11 is 6.03. The van der Waals surface area contributed by atoms with Gasteiger partial charge < -0.3 is 11.1 Å². The molecule has 0 bridgehead atoms. The Balaban J connectivity index is 0.00000200. The van der Waals surface area contributed by atoms with Crippen LogP contribution in [0.2, 0.25) is 5.02 Å². The normalized spacial score (nSPS) is 16.6. The zero-order valence-corrected chi connectivity index (χ0v) is 13.1. The molecule has 1 aliphatic heterocycles. The number of rotatable bonds is 3. The molecule has 1 aromatic rings. The van der Waals surface area contributed by atoms with Gasteiger partial charge in [0.15, 0.2) is 0 Å².